The van der Waals surface area contributed by atoms with E-state index in [4.69, 9.17) is 11.6 Å². The van der Waals surface area contributed by atoms with E-state index in [0.717, 1.165) is 18.0 Å². The van der Waals surface area contributed by atoms with Crippen LogP contribution in [-0.4, -0.2) is 17.5 Å². The molecule has 0 unspecified atom stereocenters. The molecule has 2 aliphatic carbocycles. The van der Waals surface area contributed by atoms with Gasteiger partial charge in [0.1, 0.15) is 0 Å². The van der Waals surface area contributed by atoms with Gasteiger partial charge in [0.25, 0.3) is 0 Å². The van der Waals surface area contributed by atoms with Crippen LogP contribution in [0.2, 0.25) is 5.02 Å². The van der Waals surface area contributed by atoms with E-state index in [2.05, 4.69) is 50.4 Å². The second-order valence-electron chi connectivity index (χ2n) is 9.61. The minimum atomic E-state index is 0.515. The van der Waals surface area contributed by atoms with Crippen molar-refractivity contribution in [3.63, 3.8) is 0 Å². The summed E-state index contributed by atoms with van der Waals surface area (Å²) in [5.74, 6) is 0.683. The zero-order valence-electron chi connectivity index (χ0n) is 17.7. The number of nitrogens with zero attached hydrogens (tertiary/aromatic N) is 1. The molecule has 0 aliphatic heterocycles. The Bertz CT molecular complexity index is 632. The molecule has 0 atom stereocenters. The van der Waals surface area contributed by atoms with Crippen LogP contribution in [0.15, 0.2) is 30.5 Å². The van der Waals surface area contributed by atoms with Crippen LogP contribution in [0.5, 0.6) is 0 Å². The Hall–Kier alpha value is -0.950. The molecule has 0 radical (unpaired) electrons. The van der Waals surface area contributed by atoms with Gasteiger partial charge in [0, 0.05) is 29.7 Å². The molecule has 0 amide bonds. The van der Waals surface area contributed by atoms with Crippen molar-refractivity contribution >= 4 is 11.6 Å². The first-order valence-corrected chi connectivity index (χ1v) is 11.5. The van der Waals surface area contributed by atoms with Gasteiger partial charge in [-0.2, -0.15) is 0 Å². The molecule has 1 aromatic rings. The standard InChI is InChI=1S/C25H38ClN/c1-5-27(23-9-7-6-8-10-23)19(2)17-22-12-11-21(18-24(22)26)20-13-15-25(3,4)16-14-20/h11-12,18,20,23H,2,5-10,13-17H2,1,3-4H3. The van der Waals surface area contributed by atoms with Crippen molar-refractivity contribution in [2.75, 3.05) is 6.54 Å². The van der Waals surface area contributed by atoms with Crippen molar-refractivity contribution in [3.05, 3.63) is 46.6 Å². The van der Waals surface area contributed by atoms with Gasteiger partial charge < -0.3 is 4.90 Å². The third kappa shape index (κ3) is 5.31. The van der Waals surface area contributed by atoms with E-state index in [-0.39, 0.29) is 0 Å². The molecular weight excluding hydrogens is 350 g/mol. The lowest BCUT2D eigenvalue weighted by Gasteiger charge is -2.37. The molecule has 3 rings (SSSR count). The van der Waals surface area contributed by atoms with Gasteiger partial charge in [-0.05, 0) is 74.0 Å². The number of benzene rings is 1. The molecule has 2 saturated carbocycles. The molecule has 27 heavy (non-hydrogen) atoms. The smallest absolute Gasteiger partial charge is 0.0444 e. The fourth-order valence-corrected chi connectivity index (χ4v) is 5.40. The van der Waals surface area contributed by atoms with Gasteiger partial charge in [-0.1, -0.05) is 63.4 Å². The highest BCUT2D eigenvalue weighted by atomic mass is 35.5. The maximum Gasteiger partial charge on any atom is 0.0444 e. The number of likely N-dealkylation sites (N-methyl/N-ethyl adjacent to an activating group) is 1. The van der Waals surface area contributed by atoms with E-state index >= 15 is 0 Å². The maximum atomic E-state index is 6.72. The SMILES string of the molecule is C=C(Cc1ccc(C2CCC(C)(C)CC2)cc1Cl)N(CC)C1CCCCC1. The van der Waals surface area contributed by atoms with Crippen LogP contribution in [0.25, 0.3) is 0 Å². The minimum Gasteiger partial charge on any atom is -0.372 e. The van der Waals surface area contributed by atoms with Crippen LogP contribution in [0.1, 0.15) is 95.6 Å². The number of hydrogen-bond acceptors (Lipinski definition) is 1. The van der Waals surface area contributed by atoms with Crippen LogP contribution in [-0.2, 0) is 6.42 Å². The highest BCUT2D eigenvalue weighted by molar-refractivity contribution is 6.31. The topological polar surface area (TPSA) is 3.24 Å². The molecule has 0 aromatic heterocycles. The molecule has 0 spiro atoms. The molecule has 0 heterocycles. The Labute approximate surface area is 172 Å². The molecular formula is C25H38ClN. The first-order chi connectivity index (χ1) is 12.9. The molecule has 0 saturated heterocycles. The summed E-state index contributed by atoms with van der Waals surface area (Å²) < 4.78 is 0. The fourth-order valence-electron chi connectivity index (χ4n) is 5.15. The first-order valence-electron chi connectivity index (χ1n) is 11.1. The van der Waals surface area contributed by atoms with Crippen LogP contribution in [0.3, 0.4) is 0 Å². The summed E-state index contributed by atoms with van der Waals surface area (Å²) in [5.41, 5.74) is 4.42. The van der Waals surface area contributed by atoms with Crippen molar-refractivity contribution < 1.29 is 0 Å². The predicted molar refractivity (Wildman–Crippen MR) is 119 cm³/mol. The van der Waals surface area contributed by atoms with Crippen LogP contribution in [0, 0.1) is 5.41 Å². The van der Waals surface area contributed by atoms with Gasteiger partial charge in [-0.3, -0.25) is 0 Å². The lowest BCUT2D eigenvalue weighted by molar-refractivity contribution is 0.205. The zero-order valence-corrected chi connectivity index (χ0v) is 18.5. The summed E-state index contributed by atoms with van der Waals surface area (Å²) in [6.45, 7) is 12.5. The average molecular weight is 388 g/mol. The largest absolute Gasteiger partial charge is 0.372 e. The molecule has 2 heteroatoms. The van der Waals surface area contributed by atoms with Gasteiger partial charge in [0.2, 0.25) is 0 Å². The summed E-state index contributed by atoms with van der Waals surface area (Å²) in [6, 6.07) is 7.51. The number of hydrogen-bond donors (Lipinski definition) is 0. The molecule has 0 N–H and O–H groups in total. The maximum absolute atomic E-state index is 6.72. The van der Waals surface area contributed by atoms with Crippen molar-refractivity contribution in [3.8, 4) is 0 Å². The van der Waals surface area contributed by atoms with E-state index in [1.165, 1.54) is 74.6 Å². The number of halogens is 1. The Kier molecular flexibility index (Phi) is 6.95. The third-order valence-electron chi connectivity index (χ3n) is 7.04. The Morgan fingerprint density at radius 1 is 1.11 bits per heavy atom. The number of rotatable bonds is 6. The summed E-state index contributed by atoms with van der Waals surface area (Å²) in [5, 5.41) is 0.929. The Morgan fingerprint density at radius 2 is 1.78 bits per heavy atom. The summed E-state index contributed by atoms with van der Waals surface area (Å²) in [7, 11) is 0. The molecule has 0 bridgehead atoms. The fraction of sp³-hybridized carbons (Fsp3) is 0.680. The molecule has 1 aromatic carbocycles. The molecule has 2 fully saturated rings. The van der Waals surface area contributed by atoms with Crippen LogP contribution in [0.4, 0.5) is 0 Å². The third-order valence-corrected chi connectivity index (χ3v) is 7.40. The second-order valence-corrected chi connectivity index (χ2v) is 10.0. The van der Waals surface area contributed by atoms with Gasteiger partial charge in [0.05, 0.1) is 0 Å². The van der Waals surface area contributed by atoms with E-state index in [0.29, 0.717) is 17.4 Å². The van der Waals surface area contributed by atoms with Crippen molar-refractivity contribution in [2.45, 2.75) is 96.9 Å². The van der Waals surface area contributed by atoms with Gasteiger partial charge >= 0.3 is 0 Å². The van der Waals surface area contributed by atoms with Crippen molar-refractivity contribution in [1.29, 1.82) is 0 Å². The monoisotopic (exact) mass is 387 g/mol. The van der Waals surface area contributed by atoms with E-state index in [1.54, 1.807) is 0 Å². The van der Waals surface area contributed by atoms with E-state index in [9.17, 15) is 0 Å². The zero-order chi connectivity index (χ0) is 19.4. The highest BCUT2D eigenvalue weighted by Crippen LogP contribution is 2.43. The van der Waals surface area contributed by atoms with Gasteiger partial charge in [-0.25, -0.2) is 0 Å². The van der Waals surface area contributed by atoms with Crippen LogP contribution >= 0.6 is 11.6 Å². The Morgan fingerprint density at radius 3 is 2.37 bits per heavy atom. The second kappa shape index (κ2) is 9.03. The van der Waals surface area contributed by atoms with Gasteiger partial charge in [0.15, 0.2) is 0 Å². The van der Waals surface area contributed by atoms with E-state index < -0.39 is 0 Å². The minimum absolute atomic E-state index is 0.515. The summed E-state index contributed by atoms with van der Waals surface area (Å²) in [4.78, 5) is 2.53. The molecule has 150 valence electrons. The highest BCUT2D eigenvalue weighted by Gasteiger charge is 2.28. The van der Waals surface area contributed by atoms with E-state index in [1.807, 2.05) is 0 Å². The van der Waals surface area contributed by atoms with Gasteiger partial charge in [-0.15, -0.1) is 0 Å². The first kappa shape index (κ1) is 20.8. The summed E-state index contributed by atoms with van der Waals surface area (Å²) in [6.07, 6.45) is 12.9. The lowest BCUT2D eigenvalue weighted by Crippen LogP contribution is -2.36. The van der Waals surface area contributed by atoms with Crippen molar-refractivity contribution in [2.24, 2.45) is 5.41 Å². The Balaban J connectivity index is 1.64. The molecule has 1 nitrogen and oxygen atoms in total. The lowest BCUT2D eigenvalue weighted by atomic mass is 9.71. The quantitative estimate of drug-likeness (QED) is 0.482. The average Bonchev–Trinajstić information content (AvgIpc) is 2.65. The van der Waals surface area contributed by atoms with Crippen LogP contribution < -0.4 is 0 Å². The number of allylic oxidation sites excluding steroid dienone is 1. The molecule has 2 aliphatic rings. The normalized spacial score (nSPS) is 21.2. The summed E-state index contributed by atoms with van der Waals surface area (Å²) >= 11 is 6.72. The predicted octanol–water partition coefficient (Wildman–Crippen LogP) is 7.73. The van der Waals surface area contributed by atoms with Crippen molar-refractivity contribution in [1.82, 2.24) is 4.90 Å².